The van der Waals surface area contributed by atoms with Gasteiger partial charge in [-0.05, 0) is 61.2 Å². The van der Waals surface area contributed by atoms with Crippen LogP contribution in [0.5, 0.6) is 0 Å². The summed E-state index contributed by atoms with van der Waals surface area (Å²) >= 11 is 0. The first-order valence-corrected chi connectivity index (χ1v) is 21.2. The van der Waals surface area contributed by atoms with Gasteiger partial charge in [0.2, 0.25) is 0 Å². The van der Waals surface area contributed by atoms with E-state index in [9.17, 15) is 0 Å². The molecule has 0 bridgehead atoms. The van der Waals surface area contributed by atoms with Crippen LogP contribution in [0.4, 0.5) is 0 Å². The van der Waals surface area contributed by atoms with Crippen molar-refractivity contribution < 1.29 is 4.42 Å². The minimum Gasteiger partial charge on any atom is -0.456 e. The molecule has 0 saturated carbocycles. The second-order valence-corrected chi connectivity index (χ2v) is 18.2. The van der Waals surface area contributed by atoms with Crippen molar-refractivity contribution in [3.8, 4) is 11.1 Å². The van der Waals surface area contributed by atoms with Gasteiger partial charge in [-0.2, -0.15) is 0 Å². The maximum atomic E-state index is 6.57. The predicted octanol–water partition coefficient (Wildman–Crippen LogP) is 10.0. The van der Waals surface area contributed by atoms with Crippen LogP contribution < -0.4 is 20.7 Å². The van der Waals surface area contributed by atoms with Crippen LogP contribution in [0.1, 0.15) is 29.2 Å². The van der Waals surface area contributed by atoms with E-state index in [1.807, 2.05) is 12.1 Å². The summed E-state index contributed by atoms with van der Waals surface area (Å²) in [7, 11) is -2.75. The number of hydrogen-bond donors (Lipinski definition) is 0. The van der Waals surface area contributed by atoms with Crippen LogP contribution >= 0.6 is 0 Å². The lowest BCUT2D eigenvalue weighted by Gasteiger charge is -2.34. The Morgan fingerprint density at radius 1 is 0.446 bits per heavy atom. The van der Waals surface area contributed by atoms with E-state index in [0.29, 0.717) is 6.42 Å². The summed E-state index contributed by atoms with van der Waals surface area (Å²) in [6.07, 6.45) is 0.649. The smallest absolute Gasteiger partial charge is 0.179 e. The summed E-state index contributed by atoms with van der Waals surface area (Å²) in [5, 5.41) is 7.60. The van der Waals surface area contributed by atoms with Crippen LogP contribution in [-0.4, -0.2) is 19.6 Å². The highest BCUT2D eigenvalue weighted by molar-refractivity contribution is 7.19. The zero-order valence-electron chi connectivity index (χ0n) is 30.8. The molecule has 56 heavy (non-hydrogen) atoms. The number of para-hydroxylation sites is 1. The van der Waals surface area contributed by atoms with E-state index in [1.165, 1.54) is 20.7 Å². The van der Waals surface area contributed by atoms with Crippen molar-refractivity contribution >= 4 is 62.3 Å². The van der Waals surface area contributed by atoms with Gasteiger partial charge in [-0.1, -0.05) is 194 Å². The quantitative estimate of drug-likeness (QED) is 0.113. The Bertz CT molecular complexity index is 2770. The maximum absolute atomic E-state index is 6.57. The zero-order chi connectivity index (χ0) is 37.3. The Labute approximate surface area is 328 Å². The fourth-order valence-electron chi connectivity index (χ4n) is 8.59. The van der Waals surface area contributed by atoms with E-state index in [2.05, 4.69) is 200 Å². The van der Waals surface area contributed by atoms with Crippen molar-refractivity contribution in [1.29, 1.82) is 0 Å². The van der Waals surface area contributed by atoms with Gasteiger partial charge in [0.1, 0.15) is 11.2 Å². The van der Waals surface area contributed by atoms with Crippen molar-refractivity contribution in [3.63, 3.8) is 0 Å². The molecule has 0 fully saturated rings. The highest BCUT2D eigenvalue weighted by Crippen LogP contribution is 2.40. The number of fused-ring (bicyclic) bond motifs is 3. The molecular formula is C52H38N2OSi. The summed E-state index contributed by atoms with van der Waals surface area (Å²) in [4.78, 5) is 10.8. The molecule has 0 spiro atoms. The fraction of sp³-hybridized carbons (Fsp3) is 0.0385. The van der Waals surface area contributed by atoms with E-state index in [-0.39, 0.29) is 6.04 Å². The molecule has 9 aromatic rings. The minimum atomic E-state index is -2.75. The molecule has 0 amide bonds. The molecule has 0 aliphatic carbocycles. The number of benzene rings is 8. The molecular weight excluding hydrogens is 697 g/mol. The Morgan fingerprint density at radius 3 is 1.59 bits per heavy atom. The van der Waals surface area contributed by atoms with Crippen LogP contribution in [-0.2, 0) is 0 Å². The lowest BCUT2D eigenvalue weighted by molar-refractivity contribution is 0.665. The van der Waals surface area contributed by atoms with Crippen molar-refractivity contribution in [1.82, 2.24) is 0 Å². The van der Waals surface area contributed by atoms with Crippen molar-refractivity contribution in [2.75, 3.05) is 0 Å². The molecule has 1 atom stereocenters. The number of furan rings is 1. The van der Waals surface area contributed by atoms with Crippen molar-refractivity contribution in [3.05, 3.63) is 229 Å². The first-order chi connectivity index (χ1) is 27.8. The van der Waals surface area contributed by atoms with Crippen LogP contribution in [0.25, 0.3) is 33.1 Å². The number of nitrogens with zero attached hydrogens (tertiary/aromatic N) is 2. The Balaban J connectivity index is 1.16. The van der Waals surface area contributed by atoms with Crippen molar-refractivity contribution in [2.24, 2.45) is 9.98 Å². The summed E-state index contributed by atoms with van der Waals surface area (Å²) in [5.41, 5.74) is 8.30. The normalized spacial score (nSPS) is 14.4. The molecule has 3 nitrogen and oxygen atoms in total. The van der Waals surface area contributed by atoms with Gasteiger partial charge in [-0.25, -0.2) is 4.99 Å². The van der Waals surface area contributed by atoms with Gasteiger partial charge in [-0.3, -0.25) is 4.99 Å². The van der Waals surface area contributed by atoms with E-state index in [1.54, 1.807) is 0 Å². The minimum absolute atomic E-state index is 0.180. The molecule has 0 radical (unpaired) electrons. The van der Waals surface area contributed by atoms with Crippen LogP contribution in [0.15, 0.2) is 227 Å². The highest BCUT2D eigenvalue weighted by Gasteiger charge is 2.41. The summed E-state index contributed by atoms with van der Waals surface area (Å²) in [5.74, 6) is 0.742. The third kappa shape index (κ3) is 5.92. The van der Waals surface area contributed by atoms with Gasteiger partial charge in [-0.15, -0.1) is 0 Å². The number of hydrogen-bond acceptors (Lipinski definition) is 3. The zero-order valence-corrected chi connectivity index (χ0v) is 31.8. The summed E-state index contributed by atoms with van der Waals surface area (Å²) in [6.45, 7) is 0. The molecule has 8 aromatic carbocycles. The van der Waals surface area contributed by atoms with E-state index in [0.717, 1.165) is 61.3 Å². The first-order valence-electron chi connectivity index (χ1n) is 19.2. The molecule has 1 unspecified atom stereocenters. The van der Waals surface area contributed by atoms with Gasteiger partial charge in [0, 0.05) is 22.8 Å². The van der Waals surface area contributed by atoms with Crippen molar-refractivity contribution in [2.45, 2.75) is 12.5 Å². The highest BCUT2D eigenvalue weighted by atomic mass is 28.3. The average molecular weight is 735 g/mol. The molecule has 0 saturated heterocycles. The van der Waals surface area contributed by atoms with Gasteiger partial charge < -0.3 is 4.42 Å². The predicted molar refractivity (Wildman–Crippen MR) is 236 cm³/mol. The second-order valence-electron chi connectivity index (χ2n) is 14.4. The summed E-state index contributed by atoms with van der Waals surface area (Å²) < 4.78 is 6.57. The Hall–Kier alpha value is -6.88. The first kappa shape index (κ1) is 33.7. The molecule has 1 aliphatic heterocycles. The van der Waals surface area contributed by atoms with E-state index in [4.69, 9.17) is 14.4 Å². The molecule has 2 heterocycles. The van der Waals surface area contributed by atoms with Crippen LogP contribution in [0.3, 0.4) is 0 Å². The van der Waals surface area contributed by atoms with E-state index >= 15 is 0 Å². The molecule has 0 N–H and O–H groups in total. The standard InChI is InChI=1S/C52H38N2OSi/c1-6-19-37(20-7-1)46-34-40(35-50-51(46)45-31-16-17-32-49(45)55-50)48-36-47(53-52(54-48)38-21-8-2-9-22-38)39-23-18-30-44(33-39)56(41-24-10-3-11-25-41,42-26-12-4-13-27-42)43-28-14-5-15-29-43/h1-35,48H,36H2. The summed E-state index contributed by atoms with van der Waals surface area (Å²) in [6, 6.07) is 76.1. The lowest BCUT2D eigenvalue weighted by Crippen LogP contribution is -2.74. The monoisotopic (exact) mass is 734 g/mol. The third-order valence-corrected chi connectivity index (χ3v) is 15.9. The number of aliphatic imine (C=N–C) groups is 2. The maximum Gasteiger partial charge on any atom is 0.179 e. The molecule has 266 valence electrons. The second kappa shape index (κ2) is 14.4. The van der Waals surface area contributed by atoms with Crippen LogP contribution in [0.2, 0.25) is 0 Å². The third-order valence-electron chi connectivity index (χ3n) is 11.2. The molecule has 4 heteroatoms. The molecule has 10 rings (SSSR count). The van der Waals surface area contributed by atoms with Gasteiger partial charge >= 0.3 is 0 Å². The van der Waals surface area contributed by atoms with Crippen LogP contribution in [0, 0.1) is 0 Å². The Kier molecular flexibility index (Phi) is 8.66. The topological polar surface area (TPSA) is 37.9 Å². The lowest BCUT2D eigenvalue weighted by atomic mass is 9.91. The van der Waals surface area contributed by atoms with E-state index < -0.39 is 8.07 Å². The largest absolute Gasteiger partial charge is 0.456 e. The number of amidine groups is 1. The fourth-order valence-corrected chi connectivity index (χ4v) is 13.4. The average Bonchev–Trinajstić information content (AvgIpc) is 3.67. The van der Waals surface area contributed by atoms with Gasteiger partial charge in [0.25, 0.3) is 0 Å². The molecule has 1 aliphatic rings. The Morgan fingerprint density at radius 2 is 0.964 bits per heavy atom. The molecule has 1 aromatic heterocycles. The van der Waals surface area contributed by atoms with Gasteiger partial charge in [0.15, 0.2) is 13.9 Å². The van der Waals surface area contributed by atoms with Gasteiger partial charge in [0.05, 0.1) is 11.8 Å². The SMILES string of the molecule is c1ccc(C2=NC(c3cc(-c4ccccc4)c4c(c3)oc3ccccc34)CC(c3cccc([Si](c4ccccc4)(c4ccccc4)c4ccccc4)c3)=N2)cc1. The number of rotatable bonds is 8.